The van der Waals surface area contributed by atoms with E-state index in [1.54, 1.807) is 0 Å². The number of rotatable bonds is 6. The summed E-state index contributed by atoms with van der Waals surface area (Å²) in [6.45, 7) is 15.2. The van der Waals surface area contributed by atoms with Crippen LogP contribution in [0.25, 0.3) is 44.4 Å². The summed E-state index contributed by atoms with van der Waals surface area (Å²) in [5.74, 6) is 2.55. The Labute approximate surface area is 284 Å². The minimum absolute atomic E-state index is 0. The summed E-state index contributed by atoms with van der Waals surface area (Å²) in [7, 11) is 0. The van der Waals surface area contributed by atoms with Gasteiger partial charge in [-0.1, -0.05) is 49.7 Å². The third-order valence-electron chi connectivity index (χ3n) is 8.65. The first kappa shape index (κ1) is 31.5. The molecule has 0 N–H and O–H groups in total. The number of ether oxygens (including phenoxy) is 1. The van der Waals surface area contributed by atoms with Gasteiger partial charge >= 0.3 is 20.4 Å². The van der Waals surface area contributed by atoms with E-state index < -0.39 is 0 Å². The third kappa shape index (κ3) is 5.47. The molecule has 7 rings (SSSR count). The van der Waals surface area contributed by atoms with Crippen LogP contribution in [0.4, 0.5) is 0 Å². The van der Waals surface area contributed by atoms with Gasteiger partial charge < -0.3 is 9.30 Å². The average molecular weight is 695 g/mol. The van der Waals surface area contributed by atoms with Crippen molar-refractivity contribution in [3.8, 4) is 34.1 Å². The number of aromatic nitrogens is 4. The molecule has 0 radical (unpaired) electrons. The number of aryl methyl sites for hydroxylation is 4. The molecule has 0 aliphatic heterocycles. The maximum Gasteiger partial charge on any atom is 2.00 e. The van der Waals surface area contributed by atoms with E-state index in [2.05, 4.69) is 119 Å². The molecule has 3 aromatic heterocycles. The van der Waals surface area contributed by atoms with Crippen LogP contribution in [-0.2, 0) is 20.4 Å². The normalized spacial score (nSPS) is 11.4. The number of fused-ring (bicyclic) bond motifs is 3. The molecule has 3 heterocycles. The van der Waals surface area contributed by atoms with Gasteiger partial charge in [-0.15, -0.1) is 35.7 Å². The Morgan fingerprint density at radius 3 is 2.22 bits per heavy atom. The first-order chi connectivity index (χ1) is 21.7. The zero-order chi connectivity index (χ0) is 31.4. The fourth-order valence-electron chi connectivity index (χ4n) is 6.52. The van der Waals surface area contributed by atoms with Crippen LogP contribution in [0.15, 0.2) is 85.1 Å². The van der Waals surface area contributed by atoms with Crippen LogP contribution in [0.2, 0.25) is 0 Å². The topological polar surface area (TPSA) is 44.9 Å². The summed E-state index contributed by atoms with van der Waals surface area (Å²) < 4.78 is 10.5. The SMILES string of the molecule is Cc1ccnc(-n2c3[c-]c(Oc4[c-]c(-n5nc(C)c(-c6c(C)cc(C(C)C)cc6C)c5C)ccc4)ccc3c3ccccc32)c1.[Pd+2]. The Morgan fingerprint density at radius 2 is 1.48 bits per heavy atom. The first-order valence-corrected chi connectivity index (χ1v) is 15.5. The zero-order valence-electron chi connectivity index (χ0n) is 27.2. The van der Waals surface area contributed by atoms with Crippen molar-refractivity contribution in [2.75, 3.05) is 0 Å². The summed E-state index contributed by atoms with van der Waals surface area (Å²) in [6, 6.07) is 34.1. The molecular weight excluding hydrogens is 659 g/mol. The van der Waals surface area contributed by atoms with Crippen LogP contribution < -0.4 is 4.74 Å². The van der Waals surface area contributed by atoms with Crippen LogP contribution in [0.5, 0.6) is 11.5 Å². The summed E-state index contributed by atoms with van der Waals surface area (Å²) in [4.78, 5) is 4.69. The molecule has 0 aliphatic carbocycles. The maximum atomic E-state index is 6.41. The maximum absolute atomic E-state index is 6.41. The Kier molecular flexibility index (Phi) is 8.46. The quantitative estimate of drug-likeness (QED) is 0.129. The molecule has 0 fully saturated rings. The number of nitrogens with zero attached hydrogens (tertiary/aromatic N) is 4. The largest absolute Gasteiger partial charge is 2.00 e. The van der Waals surface area contributed by atoms with E-state index in [1.165, 1.54) is 27.8 Å². The number of pyridine rings is 1. The van der Waals surface area contributed by atoms with Gasteiger partial charge in [0.25, 0.3) is 0 Å². The second-order valence-corrected chi connectivity index (χ2v) is 12.3. The number of hydrogen-bond acceptors (Lipinski definition) is 3. The van der Waals surface area contributed by atoms with Crippen LogP contribution in [0.1, 0.15) is 53.4 Å². The molecule has 0 amide bonds. The van der Waals surface area contributed by atoms with Crippen molar-refractivity contribution < 1.29 is 25.2 Å². The monoisotopic (exact) mass is 694 g/mol. The fraction of sp³-hybridized carbons (Fsp3) is 0.200. The number of hydrogen-bond donors (Lipinski definition) is 0. The fourth-order valence-corrected chi connectivity index (χ4v) is 6.52. The van der Waals surface area contributed by atoms with E-state index in [4.69, 9.17) is 9.84 Å². The zero-order valence-corrected chi connectivity index (χ0v) is 28.7. The van der Waals surface area contributed by atoms with E-state index in [0.29, 0.717) is 17.4 Å². The number of para-hydroxylation sites is 1. The molecule has 7 aromatic rings. The van der Waals surface area contributed by atoms with Crippen LogP contribution in [0.3, 0.4) is 0 Å². The average Bonchev–Trinajstić information content (AvgIpc) is 3.50. The first-order valence-electron chi connectivity index (χ1n) is 15.5. The predicted octanol–water partition coefficient (Wildman–Crippen LogP) is 10.1. The van der Waals surface area contributed by atoms with Crippen molar-refractivity contribution in [1.29, 1.82) is 0 Å². The van der Waals surface area contributed by atoms with Crippen molar-refractivity contribution in [1.82, 2.24) is 19.3 Å². The molecule has 5 nitrogen and oxygen atoms in total. The molecule has 0 spiro atoms. The van der Waals surface area contributed by atoms with E-state index in [1.807, 2.05) is 41.2 Å². The molecule has 0 bridgehead atoms. The van der Waals surface area contributed by atoms with Gasteiger partial charge in [0, 0.05) is 34.5 Å². The Bertz CT molecular complexity index is 2220. The third-order valence-corrected chi connectivity index (χ3v) is 8.65. The molecule has 0 saturated carbocycles. The summed E-state index contributed by atoms with van der Waals surface area (Å²) >= 11 is 0. The summed E-state index contributed by atoms with van der Waals surface area (Å²) in [5.41, 5.74) is 12.4. The van der Waals surface area contributed by atoms with Crippen molar-refractivity contribution in [3.63, 3.8) is 0 Å². The standard InChI is InChI=1S/C40H36N4O.Pd/c1-24(2)30-20-26(4)39(27(5)21-30)40-28(6)42-44(29(40)7)31-11-10-12-32(22-31)45-33-15-16-35-34-13-8-9-14-36(34)43(37(35)23-33)38-19-25(3)17-18-41-38;/h8-21,24H,1-7H3;/q-2;+2. The molecule has 232 valence electrons. The van der Waals surface area contributed by atoms with E-state index in [0.717, 1.165) is 50.3 Å². The Hall–Kier alpha value is -4.50. The van der Waals surface area contributed by atoms with Gasteiger partial charge in [0.15, 0.2) is 0 Å². The Balaban J connectivity index is 0.00000372. The van der Waals surface area contributed by atoms with Crippen molar-refractivity contribution in [2.45, 2.75) is 54.4 Å². The van der Waals surface area contributed by atoms with Gasteiger partial charge in [0.1, 0.15) is 5.82 Å². The molecule has 4 aromatic carbocycles. The molecule has 0 saturated heterocycles. The van der Waals surface area contributed by atoms with E-state index in [9.17, 15) is 0 Å². The van der Waals surface area contributed by atoms with Gasteiger partial charge in [-0.05, 0) is 97.6 Å². The molecule has 6 heteroatoms. The molecule has 46 heavy (non-hydrogen) atoms. The van der Waals surface area contributed by atoms with E-state index in [-0.39, 0.29) is 20.4 Å². The van der Waals surface area contributed by atoms with Crippen LogP contribution >= 0.6 is 0 Å². The predicted molar refractivity (Wildman–Crippen MR) is 183 cm³/mol. The number of benzene rings is 4. The van der Waals surface area contributed by atoms with Crippen molar-refractivity contribution >= 4 is 21.8 Å². The molecular formula is C40H36N4OPd. The van der Waals surface area contributed by atoms with Crippen LogP contribution in [-0.4, -0.2) is 19.3 Å². The van der Waals surface area contributed by atoms with Gasteiger partial charge in [0.05, 0.1) is 5.69 Å². The van der Waals surface area contributed by atoms with Gasteiger partial charge in [-0.2, -0.15) is 17.2 Å². The second kappa shape index (κ2) is 12.4. The molecule has 0 unspecified atom stereocenters. The van der Waals surface area contributed by atoms with Gasteiger partial charge in [-0.3, -0.25) is 4.68 Å². The summed E-state index contributed by atoms with van der Waals surface area (Å²) in [5, 5.41) is 7.22. The smallest absolute Gasteiger partial charge is 0.509 e. The minimum atomic E-state index is 0. The molecule has 0 atom stereocenters. The van der Waals surface area contributed by atoms with Crippen molar-refractivity contribution in [3.05, 3.63) is 131 Å². The van der Waals surface area contributed by atoms with Crippen molar-refractivity contribution in [2.24, 2.45) is 0 Å². The summed E-state index contributed by atoms with van der Waals surface area (Å²) in [6.07, 6.45) is 1.85. The van der Waals surface area contributed by atoms with Gasteiger partial charge in [-0.25, -0.2) is 4.98 Å². The van der Waals surface area contributed by atoms with E-state index >= 15 is 0 Å². The minimum Gasteiger partial charge on any atom is -0.509 e. The Morgan fingerprint density at radius 1 is 0.739 bits per heavy atom. The van der Waals surface area contributed by atoms with Gasteiger partial charge in [0.2, 0.25) is 0 Å². The second-order valence-electron chi connectivity index (χ2n) is 12.3. The molecule has 0 aliphatic rings. The van der Waals surface area contributed by atoms with Crippen LogP contribution in [0, 0.1) is 46.8 Å².